The van der Waals surface area contributed by atoms with Crippen LogP contribution < -0.4 is 4.90 Å². The van der Waals surface area contributed by atoms with Crippen molar-refractivity contribution in [3.8, 4) is 44.5 Å². The summed E-state index contributed by atoms with van der Waals surface area (Å²) in [5, 5.41) is 5.16. The largest absolute Gasteiger partial charge is 0.309 e. The molecular weight excluding hydrogens is 843 g/mol. The van der Waals surface area contributed by atoms with E-state index in [2.05, 4.69) is 260 Å². The van der Waals surface area contributed by atoms with E-state index in [1.807, 2.05) is 0 Å². The maximum Gasteiger partial charge on any atom is 0.0713 e. The standard InChI is InChI=1S/C69H53N/c1-4-23-49(24-5-1)56-38-21-27-50-28-22-40-62(68(50)56)61-37-15-19-44-67(61)70(66-43-18-14-36-60(66)57-39-20-26-48-25-10-11-33-54(48)57)65-42-17-13-34-55(65)51-45-46-59-58-35-12-16-41-63(58)69(64(59)47-51,52-29-6-2-7-30-52)53-31-8-3-9-32-53/h2-3,6-22,25-47,49H,1,4-5,23-24H2. The van der Waals surface area contributed by atoms with Crippen LogP contribution in [0.25, 0.3) is 66.1 Å². The molecule has 334 valence electrons. The fourth-order valence-corrected chi connectivity index (χ4v) is 12.5. The molecule has 0 radical (unpaired) electrons. The van der Waals surface area contributed by atoms with Gasteiger partial charge in [-0.1, -0.05) is 250 Å². The minimum absolute atomic E-state index is 0.517. The number of anilines is 3. The van der Waals surface area contributed by atoms with Crippen molar-refractivity contribution in [3.05, 3.63) is 283 Å². The first-order chi connectivity index (χ1) is 34.8. The van der Waals surface area contributed by atoms with Crippen LogP contribution in [0.1, 0.15) is 65.8 Å². The number of nitrogens with zero attached hydrogens (tertiary/aromatic N) is 1. The second-order valence-corrected chi connectivity index (χ2v) is 19.3. The Balaban J connectivity index is 1.08. The van der Waals surface area contributed by atoms with E-state index in [9.17, 15) is 0 Å². The van der Waals surface area contributed by atoms with Gasteiger partial charge in [0.25, 0.3) is 0 Å². The number of rotatable bonds is 9. The fraction of sp³-hybridized carbons (Fsp3) is 0.101. The Labute approximate surface area is 412 Å². The smallest absolute Gasteiger partial charge is 0.0713 e. The summed E-state index contributed by atoms with van der Waals surface area (Å²) in [5.74, 6) is 0.555. The molecule has 0 N–H and O–H groups in total. The van der Waals surface area contributed by atoms with Gasteiger partial charge < -0.3 is 4.90 Å². The Kier molecular flexibility index (Phi) is 10.6. The van der Waals surface area contributed by atoms with Crippen LogP contribution >= 0.6 is 0 Å². The molecule has 1 heteroatoms. The van der Waals surface area contributed by atoms with Gasteiger partial charge in [-0.25, -0.2) is 0 Å². The van der Waals surface area contributed by atoms with Gasteiger partial charge in [0.2, 0.25) is 0 Å². The van der Waals surface area contributed by atoms with Crippen molar-refractivity contribution in [2.45, 2.75) is 43.4 Å². The number of fused-ring (bicyclic) bond motifs is 5. The van der Waals surface area contributed by atoms with E-state index in [-0.39, 0.29) is 0 Å². The molecule has 0 aliphatic heterocycles. The van der Waals surface area contributed by atoms with E-state index in [0.717, 1.165) is 17.1 Å². The lowest BCUT2D eigenvalue weighted by atomic mass is 9.67. The number of hydrogen-bond donors (Lipinski definition) is 0. The molecule has 0 unspecified atom stereocenters. The van der Waals surface area contributed by atoms with Gasteiger partial charge in [-0.15, -0.1) is 0 Å². The number of para-hydroxylation sites is 3. The summed E-state index contributed by atoms with van der Waals surface area (Å²) in [4.78, 5) is 2.58. The van der Waals surface area contributed by atoms with Crippen LogP contribution in [-0.4, -0.2) is 0 Å². The summed E-state index contributed by atoms with van der Waals surface area (Å²) < 4.78 is 0. The third-order valence-corrected chi connectivity index (χ3v) is 15.6. The summed E-state index contributed by atoms with van der Waals surface area (Å²) in [5.41, 5.74) is 19.3. The van der Waals surface area contributed by atoms with Gasteiger partial charge in [0.05, 0.1) is 22.5 Å². The molecule has 70 heavy (non-hydrogen) atoms. The molecule has 1 fully saturated rings. The molecule has 1 saturated carbocycles. The lowest BCUT2D eigenvalue weighted by Crippen LogP contribution is -2.28. The summed E-state index contributed by atoms with van der Waals surface area (Å²) in [7, 11) is 0. The first-order valence-corrected chi connectivity index (χ1v) is 25.2. The Morgan fingerprint density at radius 3 is 1.51 bits per heavy atom. The van der Waals surface area contributed by atoms with E-state index >= 15 is 0 Å². The van der Waals surface area contributed by atoms with Gasteiger partial charge in [0.15, 0.2) is 0 Å². The predicted molar refractivity (Wildman–Crippen MR) is 296 cm³/mol. The van der Waals surface area contributed by atoms with Crippen molar-refractivity contribution in [1.29, 1.82) is 0 Å². The van der Waals surface area contributed by atoms with E-state index in [4.69, 9.17) is 0 Å². The minimum Gasteiger partial charge on any atom is -0.309 e. The Morgan fingerprint density at radius 2 is 0.814 bits per heavy atom. The maximum atomic E-state index is 2.58. The van der Waals surface area contributed by atoms with Crippen LogP contribution in [0.15, 0.2) is 255 Å². The zero-order valence-corrected chi connectivity index (χ0v) is 39.3. The first kappa shape index (κ1) is 41.9. The van der Waals surface area contributed by atoms with Crippen molar-refractivity contribution in [1.82, 2.24) is 0 Å². The van der Waals surface area contributed by atoms with Gasteiger partial charge in [-0.3, -0.25) is 0 Å². The van der Waals surface area contributed by atoms with Gasteiger partial charge in [-0.2, -0.15) is 0 Å². The second kappa shape index (κ2) is 17.7. The SMILES string of the molecule is c1ccc(C2(c3ccccc3)c3ccccc3-c3ccc(-c4ccccc4N(c4ccccc4-c4cccc5ccccc45)c4ccccc4-c4cccc5cccc(C6CCCCC6)c45)cc32)cc1. The molecule has 0 aromatic heterocycles. The van der Waals surface area contributed by atoms with Crippen LogP contribution in [0.5, 0.6) is 0 Å². The minimum atomic E-state index is -0.517. The van der Waals surface area contributed by atoms with Gasteiger partial charge in [0.1, 0.15) is 0 Å². The zero-order chi connectivity index (χ0) is 46.4. The topological polar surface area (TPSA) is 3.24 Å². The average molecular weight is 896 g/mol. The number of hydrogen-bond acceptors (Lipinski definition) is 1. The van der Waals surface area contributed by atoms with Crippen molar-refractivity contribution in [2.75, 3.05) is 4.90 Å². The predicted octanol–water partition coefficient (Wildman–Crippen LogP) is 18.9. The normalized spacial score (nSPS) is 14.1. The molecule has 0 atom stereocenters. The summed E-state index contributed by atoms with van der Waals surface area (Å²) in [6, 6.07) is 95.4. The molecular formula is C69H53N. The molecule has 13 rings (SSSR count). The van der Waals surface area contributed by atoms with Crippen molar-refractivity contribution < 1.29 is 0 Å². The summed E-state index contributed by atoms with van der Waals surface area (Å²) in [6.45, 7) is 0. The van der Waals surface area contributed by atoms with Gasteiger partial charge in [0, 0.05) is 16.7 Å². The lowest BCUT2D eigenvalue weighted by Gasteiger charge is -2.34. The fourth-order valence-electron chi connectivity index (χ4n) is 12.5. The Morgan fingerprint density at radius 1 is 0.329 bits per heavy atom. The van der Waals surface area contributed by atoms with Crippen molar-refractivity contribution in [3.63, 3.8) is 0 Å². The van der Waals surface area contributed by atoms with E-state index < -0.39 is 5.41 Å². The molecule has 2 aliphatic rings. The summed E-state index contributed by atoms with van der Waals surface area (Å²) in [6.07, 6.45) is 6.41. The summed E-state index contributed by atoms with van der Waals surface area (Å²) >= 11 is 0. The van der Waals surface area contributed by atoms with Crippen LogP contribution in [0.2, 0.25) is 0 Å². The second-order valence-electron chi connectivity index (χ2n) is 19.3. The molecule has 0 amide bonds. The quantitative estimate of drug-likeness (QED) is 0.140. The van der Waals surface area contributed by atoms with E-state index in [1.54, 1.807) is 0 Å². The highest BCUT2D eigenvalue weighted by atomic mass is 15.1. The van der Waals surface area contributed by atoms with E-state index in [1.165, 1.54) is 126 Å². The van der Waals surface area contributed by atoms with Crippen molar-refractivity contribution >= 4 is 38.6 Å². The Bertz CT molecular complexity index is 3660. The van der Waals surface area contributed by atoms with Gasteiger partial charge in [-0.05, 0) is 120 Å². The average Bonchev–Trinajstić information content (AvgIpc) is 3.74. The van der Waals surface area contributed by atoms with Crippen LogP contribution in [-0.2, 0) is 5.41 Å². The van der Waals surface area contributed by atoms with Crippen LogP contribution in [0.3, 0.4) is 0 Å². The van der Waals surface area contributed by atoms with Gasteiger partial charge >= 0.3 is 0 Å². The molecule has 0 bridgehead atoms. The molecule has 0 heterocycles. The highest BCUT2D eigenvalue weighted by molar-refractivity contribution is 6.07. The van der Waals surface area contributed by atoms with Crippen molar-refractivity contribution in [2.24, 2.45) is 0 Å². The molecule has 1 nitrogen and oxygen atoms in total. The highest BCUT2D eigenvalue weighted by Gasteiger charge is 2.46. The number of benzene rings is 11. The molecule has 11 aromatic rings. The van der Waals surface area contributed by atoms with Crippen LogP contribution in [0, 0.1) is 0 Å². The first-order valence-electron chi connectivity index (χ1n) is 25.2. The molecule has 11 aromatic carbocycles. The third-order valence-electron chi connectivity index (χ3n) is 15.6. The molecule has 0 saturated heterocycles. The maximum absolute atomic E-state index is 2.58. The third kappa shape index (κ3) is 6.83. The monoisotopic (exact) mass is 895 g/mol. The molecule has 2 aliphatic carbocycles. The Hall–Kier alpha value is -8.26. The van der Waals surface area contributed by atoms with E-state index in [0.29, 0.717) is 5.92 Å². The molecule has 0 spiro atoms. The lowest BCUT2D eigenvalue weighted by molar-refractivity contribution is 0.445. The zero-order valence-electron chi connectivity index (χ0n) is 39.3. The highest BCUT2D eigenvalue weighted by Crippen LogP contribution is 2.58. The van der Waals surface area contributed by atoms with Crippen LogP contribution in [0.4, 0.5) is 17.1 Å².